The standard InChI is InChI=1S/C15H18N4O5S/c1-8-12(14(21)22)25-13(19-8)9(2)18-11(20)7-17-15(23)16-6-10-4-3-5-24-10/h3-5,9H,6-7H2,1-2H3,(H,18,20)(H,21,22)(H2,16,17,23). The number of hydrogen-bond acceptors (Lipinski definition) is 6. The number of carbonyl (C=O) groups excluding carboxylic acids is 2. The molecule has 2 aromatic rings. The molecule has 0 saturated carbocycles. The average Bonchev–Trinajstić information content (AvgIpc) is 3.20. The van der Waals surface area contributed by atoms with Gasteiger partial charge >= 0.3 is 12.0 Å². The lowest BCUT2D eigenvalue weighted by Crippen LogP contribution is -2.42. The summed E-state index contributed by atoms with van der Waals surface area (Å²) >= 11 is 1.01. The van der Waals surface area contributed by atoms with Gasteiger partial charge in [0.25, 0.3) is 0 Å². The maximum Gasteiger partial charge on any atom is 0.347 e. The second-order valence-corrected chi connectivity index (χ2v) is 6.21. The fraction of sp³-hybridized carbons (Fsp3) is 0.333. The molecule has 0 saturated heterocycles. The number of carboxylic acid groups (broad SMARTS) is 1. The van der Waals surface area contributed by atoms with Crippen molar-refractivity contribution in [3.8, 4) is 0 Å². The summed E-state index contributed by atoms with van der Waals surface area (Å²) in [4.78, 5) is 38.8. The van der Waals surface area contributed by atoms with Crippen molar-refractivity contribution in [2.75, 3.05) is 6.54 Å². The fourth-order valence-corrected chi connectivity index (χ4v) is 2.87. The molecule has 0 radical (unpaired) electrons. The van der Waals surface area contributed by atoms with Crippen molar-refractivity contribution in [3.05, 3.63) is 39.7 Å². The van der Waals surface area contributed by atoms with Gasteiger partial charge in [-0.2, -0.15) is 0 Å². The number of nitrogens with zero attached hydrogens (tertiary/aromatic N) is 1. The van der Waals surface area contributed by atoms with Gasteiger partial charge in [0.15, 0.2) is 0 Å². The fourth-order valence-electron chi connectivity index (χ4n) is 1.96. The summed E-state index contributed by atoms with van der Waals surface area (Å²) in [5.41, 5.74) is 0.407. The molecule has 0 aromatic carbocycles. The summed E-state index contributed by atoms with van der Waals surface area (Å²) in [5.74, 6) is -0.860. The highest BCUT2D eigenvalue weighted by molar-refractivity contribution is 7.13. The number of furan rings is 1. The Hall–Kier alpha value is -2.88. The van der Waals surface area contributed by atoms with E-state index in [1.165, 1.54) is 6.26 Å². The summed E-state index contributed by atoms with van der Waals surface area (Å²) in [7, 11) is 0. The summed E-state index contributed by atoms with van der Waals surface area (Å²) in [6.45, 7) is 3.29. The van der Waals surface area contributed by atoms with E-state index in [4.69, 9.17) is 9.52 Å². The molecular formula is C15H18N4O5S. The van der Waals surface area contributed by atoms with Gasteiger partial charge in [-0.1, -0.05) is 0 Å². The van der Waals surface area contributed by atoms with Gasteiger partial charge in [-0.05, 0) is 26.0 Å². The van der Waals surface area contributed by atoms with E-state index in [9.17, 15) is 14.4 Å². The van der Waals surface area contributed by atoms with Gasteiger partial charge < -0.3 is 25.5 Å². The van der Waals surface area contributed by atoms with Gasteiger partial charge in [0.05, 0.1) is 31.1 Å². The molecule has 0 bridgehead atoms. The number of carboxylic acids is 1. The van der Waals surface area contributed by atoms with Crippen LogP contribution in [0.5, 0.6) is 0 Å². The Morgan fingerprint density at radius 1 is 1.36 bits per heavy atom. The third-order valence-corrected chi connectivity index (χ3v) is 4.50. The molecule has 4 N–H and O–H groups in total. The highest BCUT2D eigenvalue weighted by Gasteiger charge is 2.19. The molecule has 9 nitrogen and oxygen atoms in total. The highest BCUT2D eigenvalue weighted by atomic mass is 32.1. The number of amides is 3. The number of aryl methyl sites for hydroxylation is 1. The van der Waals surface area contributed by atoms with E-state index in [2.05, 4.69) is 20.9 Å². The normalized spacial score (nSPS) is 11.6. The van der Waals surface area contributed by atoms with Crippen LogP contribution in [0, 0.1) is 6.92 Å². The maximum atomic E-state index is 11.9. The Bertz CT molecular complexity index is 756. The quantitative estimate of drug-likeness (QED) is 0.585. The molecule has 1 atom stereocenters. The Balaban J connectivity index is 1.76. The van der Waals surface area contributed by atoms with Gasteiger partial charge in [0, 0.05) is 0 Å². The minimum absolute atomic E-state index is 0.145. The van der Waals surface area contributed by atoms with Crippen molar-refractivity contribution in [1.82, 2.24) is 20.9 Å². The summed E-state index contributed by atoms with van der Waals surface area (Å²) in [5, 5.41) is 17.1. The molecule has 3 amide bonds. The summed E-state index contributed by atoms with van der Waals surface area (Å²) in [6.07, 6.45) is 1.50. The second kappa shape index (κ2) is 8.29. The van der Waals surface area contributed by atoms with E-state index in [1.54, 1.807) is 26.0 Å². The van der Waals surface area contributed by atoms with Crippen LogP contribution < -0.4 is 16.0 Å². The van der Waals surface area contributed by atoms with Gasteiger partial charge in [-0.15, -0.1) is 11.3 Å². The third-order valence-electron chi connectivity index (χ3n) is 3.17. The first-order chi connectivity index (χ1) is 11.9. The molecule has 25 heavy (non-hydrogen) atoms. The van der Waals surface area contributed by atoms with Crippen LogP contribution in [0.3, 0.4) is 0 Å². The maximum absolute atomic E-state index is 11.9. The van der Waals surface area contributed by atoms with Gasteiger partial charge in [-0.25, -0.2) is 14.6 Å². The third kappa shape index (κ3) is 5.31. The molecule has 0 aliphatic rings. The van der Waals surface area contributed by atoms with Crippen LogP contribution in [-0.2, 0) is 11.3 Å². The predicted octanol–water partition coefficient (Wildman–Crippen LogP) is 1.42. The van der Waals surface area contributed by atoms with E-state index >= 15 is 0 Å². The van der Waals surface area contributed by atoms with Crippen LogP contribution in [0.4, 0.5) is 4.79 Å². The number of rotatable bonds is 7. The Kier molecular flexibility index (Phi) is 6.12. The largest absolute Gasteiger partial charge is 0.477 e. The lowest BCUT2D eigenvalue weighted by atomic mass is 10.3. The van der Waals surface area contributed by atoms with Gasteiger partial charge in [0.2, 0.25) is 5.91 Å². The monoisotopic (exact) mass is 366 g/mol. The van der Waals surface area contributed by atoms with Crippen molar-refractivity contribution in [1.29, 1.82) is 0 Å². The van der Waals surface area contributed by atoms with Crippen LogP contribution in [0.25, 0.3) is 0 Å². The molecule has 2 aromatic heterocycles. The number of aromatic nitrogens is 1. The van der Waals surface area contributed by atoms with Crippen LogP contribution >= 0.6 is 11.3 Å². The number of urea groups is 1. The first kappa shape index (κ1) is 18.5. The highest BCUT2D eigenvalue weighted by Crippen LogP contribution is 2.23. The molecule has 0 aliphatic heterocycles. The van der Waals surface area contributed by atoms with E-state index in [-0.39, 0.29) is 18.0 Å². The van der Waals surface area contributed by atoms with Crippen molar-refractivity contribution in [3.63, 3.8) is 0 Å². The lowest BCUT2D eigenvalue weighted by molar-refractivity contribution is -0.120. The SMILES string of the molecule is Cc1nc(C(C)NC(=O)CNC(=O)NCc2ccco2)sc1C(=O)O. The van der Waals surface area contributed by atoms with E-state index < -0.39 is 23.9 Å². The number of nitrogens with one attached hydrogen (secondary N) is 3. The summed E-state index contributed by atoms with van der Waals surface area (Å²) in [6, 6.07) is 2.46. The van der Waals surface area contributed by atoms with Crippen molar-refractivity contribution in [2.45, 2.75) is 26.4 Å². The van der Waals surface area contributed by atoms with Crippen LogP contribution in [0.2, 0.25) is 0 Å². The second-order valence-electron chi connectivity index (χ2n) is 5.18. The number of thiazole rings is 1. The van der Waals surface area contributed by atoms with Crippen molar-refractivity contribution >= 4 is 29.2 Å². The summed E-state index contributed by atoms with van der Waals surface area (Å²) < 4.78 is 5.07. The van der Waals surface area contributed by atoms with E-state index in [1.807, 2.05) is 0 Å². The molecule has 0 aliphatic carbocycles. The van der Waals surface area contributed by atoms with Crippen LogP contribution in [-0.4, -0.2) is 34.5 Å². The van der Waals surface area contributed by atoms with E-state index in [0.717, 1.165) is 11.3 Å². The molecule has 134 valence electrons. The minimum atomic E-state index is -1.05. The zero-order valence-electron chi connectivity index (χ0n) is 13.7. The van der Waals surface area contributed by atoms with Gasteiger partial charge in [-0.3, -0.25) is 4.79 Å². The number of aromatic carboxylic acids is 1. The molecular weight excluding hydrogens is 348 g/mol. The van der Waals surface area contributed by atoms with Crippen molar-refractivity contribution < 1.29 is 23.9 Å². The number of carbonyl (C=O) groups is 3. The average molecular weight is 366 g/mol. The smallest absolute Gasteiger partial charge is 0.347 e. The zero-order valence-corrected chi connectivity index (χ0v) is 14.5. The predicted molar refractivity (Wildman–Crippen MR) is 89.3 cm³/mol. The Morgan fingerprint density at radius 2 is 2.12 bits per heavy atom. The molecule has 0 spiro atoms. The number of hydrogen-bond donors (Lipinski definition) is 4. The first-order valence-corrected chi connectivity index (χ1v) is 8.22. The van der Waals surface area contributed by atoms with E-state index in [0.29, 0.717) is 16.5 Å². The van der Waals surface area contributed by atoms with Crippen LogP contribution in [0.15, 0.2) is 22.8 Å². The van der Waals surface area contributed by atoms with Gasteiger partial charge in [0.1, 0.15) is 15.6 Å². The Morgan fingerprint density at radius 3 is 2.72 bits per heavy atom. The first-order valence-electron chi connectivity index (χ1n) is 7.41. The topological polar surface area (TPSA) is 134 Å². The molecule has 10 heteroatoms. The Labute approximate surface area is 147 Å². The van der Waals surface area contributed by atoms with Crippen LogP contribution in [0.1, 0.15) is 39.1 Å². The molecule has 1 unspecified atom stereocenters. The zero-order chi connectivity index (χ0) is 18.4. The van der Waals surface area contributed by atoms with Crippen molar-refractivity contribution in [2.24, 2.45) is 0 Å². The lowest BCUT2D eigenvalue weighted by Gasteiger charge is -2.12. The molecule has 0 fully saturated rings. The molecule has 2 rings (SSSR count). The molecule has 2 heterocycles. The minimum Gasteiger partial charge on any atom is -0.477 e.